The Labute approximate surface area is 116 Å². The first-order valence-corrected chi connectivity index (χ1v) is 7.07. The molecule has 2 aromatic rings. The Balaban J connectivity index is 1.95. The highest BCUT2D eigenvalue weighted by Gasteiger charge is 2.13. The number of unbranched alkanes of at least 4 members (excludes halogenated alkanes) is 2. The highest BCUT2D eigenvalue weighted by molar-refractivity contribution is 7.17. The third-order valence-electron chi connectivity index (χ3n) is 2.58. The summed E-state index contributed by atoms with van der Waals surface area (Å²) in [6.45, 7) is 4.66. The molecule has 2 aromatic heterocycles. The van der Waals surface area contributed by atoms with Crippen LogP contribution in [0.1, 0.15) is 34.6 Å². The summed E-state index contributed by atoms with van der Waals surface area (Å²) >= 11 is 1.37. The summed E-state index contributed by atoms with van der Waals surface area (Å²) in [5, 5.41) is 3.99. The first-order valence-electron chi connectivity index (χ1n) is 6.26. The number of hydrogen-bond acceptors (Lipinski definition) is 5. The predicted octanol–water partition coefficient (Wildman–Crippen LogP) is 3.19. The van der Waals surface area contributed by atoms with Crippen LogP contribution in [0.3, 0.4) is 0 Å². The number of ketones is 1. The molecule has 0 bridgehead atoms. The van der Waals surface area contributed by atoms with Gasteiger partial charge in [0.2, 0.25) is 5.78 Å². The highest BCUT2D eigenvalue weighted by atomic mass is 32.1. The molecule has 2 heterocycles. The van der Waals surface area contributed by atoms with Gasteiger partial charge in [-0.15, -0.1) is 0 Å². The molecular formula is C14H16N3OS. The van der Waals surface area contributed by atoms with Crippen molar-refractivity contribution in [1.29, 1.82) is 0 Å². The number of nitrogens with one attached hydrogen (secondary N) is 1. The minimum atomic E-state index is -0.0797. The van der Waals surface area contributed by atoms with Crippen molar-refractivity contribution in [3.8, 4) is 0 Å². The van der Waals surface area contributed by atoms with Crippen molar-refractivity contribution in [2.75, 3.05) is 11.9 Å². The second-order valence-corrected chi connectivity index (χ2v) is 5.09. The second-order valence-electron chi connectivity index (χ2n) is 4.06. The number of nitrogens with zero attached hydrogens (tertiary/aromatic N) is 2. The number of pyridine rings is 1. The maximum absolute atomic E-state index is 12.1. The lowest BCUT2D eigenvalue weighted by molar-refractivity contribution is 0.103. The van der Waals surface area contributed by atoms with Crippen molar-refractivity contribution in [3.63, 3.8) is 0 Å². The molecule has 1 radical (unpaired) electrons. The third-order valence-corrected chi connectivity index (χ3v) is 3.53. The number of hydrogen-bond donors (Lipinski definition) is 1. The molecule has 0 aliphatic rings. The van der Waals surface area contributed by atoms with Crippen molar-refractivity contribution in [1.82, 2.24) is 9.97 Å². The first kappa shape index (κ1) is 13.7. The lowest BCUT2D eigenvalue weighted by atomic mass is 10.2. The van der Waals surface area contributed by atoms with Gasteiger partial charge >= 0.3 is 0 Å². The Morgan fingerprint density at radius 1 is 1.32 bits per heavy atom. The van der Waals surface area contributed by atoms with Gasteiger partial charge in [0.1, 0.15) is 5.69 Å². The van der Waals surface area contributed by atoms with Crippen molar-refractivity contribution in [2.24, 2.45) is 0 Å². The maximum Gasteiger partial charge on any atom is 0.222 e. The number of aromatic nitrogens is 2. The molecule has 0 atom stereocenters. The van der Waals surface area contributed by atoms with E-state index in [0.29, 0.717) is 10.6 Å². The van der Waals surface area contributed by atoms with Gasteiger partial charge in [0, 0.05) is 12.7 Å². The van der Waals surface area contributed by atoms with Crippen LogP contribution in [-0.2, 0) is 0 Å². The molecule has 5 heteroatoms. The van der Waals surface area contributed by atoms with Gasteiger partial charge in [-0.1, -0.05) is 37.2 Å². The van der Waals surface area contributed by atoms with Gasteiger partial charge in [-0.05, 0) is 18.6 Å². The minimum Gasteiger partial charge on any atom is -0.362 e. The average molecular weight is 274 g/mol. The fraction of sp³-hybridized carbons (Fsp3) is 0.286. The Kier molecular flexibility index (Phi) is 5.03. The van der Waals surface area contributed by atoms with E-state index in [-0.39, 0.29) is 5.78 Å². The van der Waals surface area contributed by atoms with Gasteiger partial charge in [0.05, 0.1) is 11.1 Å². The summed E-state index contributed by atoms with van der Waals surface area (Å²) in [4.78, 5) is 21.0. The van der Waals surface area contributed by atoms with Crippen LogP contribution in [0.25, 0.3) is 0 Å². The Morgan fingerprint density at radius 2 is 2.21 bits per heavy atom. The van der Waals surface area contributed by atoms with E-state index >= 15 is 0 Å². The maximum atomic E-state index is 12.1. The molecule has 4 nitrogen and oxygen atoms in total. The molecule has 0 unspecified atom stereocenters. The van der Waals surface area contributed by atoms with Gasteiger partial charge in [0.15, 0.2) is 5.13 Å². The summed E-state index contributed by atoms with van der Waals surface area (Å²) in [6, 6.07) is 5.31. The van der Waals surface area contributed by atoms with Crippen LogP contribution in [0.15, 0.2) is 30.6 Å². The van der Waals surface area contributed by atoms with Crippen molar-refractivity contribution >= 4 is 22.3 Å². The van der Waals surface area contributed by atoms with Crippen LogP contribution in [0, 0.1) is 6.92 Å². The average Bonchev–Trinajstić information content (AvgIpc) is 2.92. The second kappa shape index (κ2) is 6.99. The van der Waals surface area contributed by atoms with Crippen LogP contribution >= 0.6 is 11.3 Å². The zero-order chi connectivity index (χ0) is 13.5. The molecule has 0 fully saturated rings. The first-order chi connectivity index (χ1) is 9.31. The van der Waals surface area contributed by atoms with Crippen LogP contribution < -0.4 is 5.32 Å². The topological polar surface area (TPSA) is 54.9 Å². The number of rotatable bonds is 7. The van der Waals surface area contributed by atoms with E-state index in [0.717, 1.165) is 30.9 Å². The Bertz CT molecular complexity index is 524. The van der Waals surface area contributed by atoms with Crippen molar-refractivity contribution < 1.29 is 4.79 Å². The van der Waals surface area contributed by atoms with E-state index in [9.17, 15) is 4.79 Å². The summed E-state index contributed by atoms with van der Waals surface area (Å²) in [7, 11) is 0. The number of carbonyl (C=O) groups excluding carboxylic acids is 1. The zero-order valence-corrected chi connectivity index (χ0v) is 11.4. The number of carbonyl (C=O) groups is 1. The lowest BCUT2D eigenvalue weighted by Crippen LogP contribution is -2.01. The van der Waals surface area contributed by atoms with E-state index in [4.69, 9.17) is 0 Å². The number of thiazole rings is 1. The van der Waals surface area contributed by atoms with Gasteiger partial charge in [0.25, 0.3) is 0 Å². The van der Waals surface area contributed by atoms with Gasteiger partial charge in [-0.25, -0.2) is 4.98 Å². The van der Waals surface area contributed by atoms with Crippen LogP contribution in [0.5, 0.6) is 0 Å². The summed E-state index contributed by atoms with van der Waals surface area (Å²) in [5.74, 6) is -0.0797. The molecule has 0 aliphatic heterocycles. The number of anilines is 1. The Morgan fingerprint density at radius 3 is 2.95 bits per heavy atom. The van der Waals surface area contributed by atoms with Gasteiger partial charge in [-0.2, -0.15) is 0 Å². The molecule has 0 saturated carbocycles. The molecule has 99 valence electrons. The van der Waals surface area contributed by atoms with Gasteiger partial charge in [-0.3, -0.25) is 9.78 Å². The van der Waals surface area contributed by atoms with E-state index in [1.165, 1.54) is 11.3 Å². The smallest absolute Gasteiger partial charge is 0.222 e. The van der Waals surface area contributed by atoms with E-state index < -0.39 is 0 Å². The standard InChI is InChI=1S/C14H16N3OS/c1-2-3-5-9-16-14-17-10-12(19-14)13(18)11-7-4-6-8-15-11/h4,6-8,10H,1-3,5,9H2,(H,16,17). The quantitative estimate of drug-likeness (QED) is 0.622. The normalized spacial score (nSPS) is 10.4. The molecule has 19 heavy (non-hydrogen) atoms. The van der Waals surface area contributed by atoms with Crippen molar-refractivity contribution in [3.05, 3.63) is 48.1 Å². The van der Waals surface area contributed by atoms with E-state index in [2.05, 4.69) is 22.2 Å². The van der Waals surface area contributed by atoms with E-state index in [1.807, 2.05) is 0 Å². The van der Waals surface area contributed by atoms with Gasteiger partial charge < -0.3 is 5.32 Å². The molecule has 0 aromatic carbocycles. The molecule has 2 rings (SSSR count). The van der Waals surface area contributed by atoms with Crippen LogP contribution in [0.2, 0.25) is 0 Å². The molecule has 0 aliphatic carbocycles. The fourth-order valence-corrected chi connectivity index (χ4v) is 2.37. The van der Waals surface area contributed by atoms with Crippen LogP contribution in [-0.4, -0.2) is 22.3 Å². The SMILES string of the molecule is [CH2]CCCCNc1ncc(C(=O)c2ccccn2)s1. The highest BCUT2D eigenvalue weighted by Crippen LogP contribution is 2.20. The van der Waals surface area contributed by atoms with Crippen molar-refractivity contribution in [2.45, 2.75) is 19.3 Å². The predicted molar refractivity (Wildman–Crippen MR) is 77.5 cm³/mol. The Hall–Kier alpha value is -1.75. The zero-order valence-electron chi connectivity index (χ0n) is 10.6. The minimum absolute atomic E-state index is 0.0797. The monoisotopic (exact) mass is 274 g/mol. The fourth-order valence-electron chi connectivity index (χ4n) is 1.58. The molecule has 0 spiro atoms. The molecule has 0 saturated heterocycles. The van der Waals surface area contributed by atoms with E-state index in [1.54, 1.807) is 30.6 Å². The summed E-state index contributed by atoms with van der Waals surface area (Å²) in [5.41, 5.74) is 0.453. The summed E-state index contributed by atoms with van der Waals surface area (Å²) in [6.07, 6.45) is 6.32. The molecular weight excluding hydrogens is 258 g/mol. The van der Waals surface area contributed by atoms with Crippen LogP contribution in [0.4, 0.5) is 5.13 Å². The molecule has 1 N–H and O–H groups in total. The summed E-state index contributed by atoms with van der Waals surface area (Å²) < 4.78 is 0. The third kappa shape index (κ3) is 3.86. The largest absolute Gasteiger partial charge is 0.362 e. The molecule has 0 amide bonds. The lowest BCUT2D eigenvalue weighted by Gasteiger charge is -2.00.